The minimum absolute atomic E-state index is 0.755. The van der Waals surface area contributed by atoms with Crippen molar-refractivity contribution in [2.45, 2.75) is 12.5 Å². The van der Waals surface area contributed by atoms with Gasteiger partial charge in [-0.2, -0.15) is 0 Å². The van der Waals surface area contributed by atoms with Gasteiger partial charge in [0.05, 0.1) is 6.42 Å². The number of carboxylic acids is 2. The van der Waals surface area contributed by atoms with Gasteiger partial charge in [-0.15, -0.1) is 0 Å². The number of aliphatic hydroxyl groups excluding tert-OH is 1. The summed E-state index contributed by atoms with van der Waals surface area (Å²) >= 11 is 0. The quantitative estimate of drug-likeness (QED) is 0.675. The van der Waals surface area contributed by atoms with E-state index in [0.29, 0.717) is 0 Å². The summed E-state index contributed by atoms with van der Waals surface area (Å²) in [6.07, 6.45) is -2.54. The Morgan fingerprint density at radius 1 is 0.864 bits per heavy atom. The first-order chi connectivity index (χ1) is 10.5. The first kappa shape index (κ1) is 17.2. The number of hydrogen-bond donors (Lipinski definition) is 4. The molecule has 0 saturated carbocycles. The van der Waals surface area contributed by atoms with Crippen LogP contribution in [-0.2, 0) is 9.59 Å². The predicted molar refractivity (Wildman–Crippen MR) is 82.1 cm³/mol. The van der Waals surface area contributed by atoms with Crippen molar-refractivity contribution < 1.29 is 24.9 Å². The first-order valence-electron chi connectivity index (χ1n) is 6.49. The molecule has 22 heavy (non-hydrogen) atoms. The van der Waals surface area contributed by atoms with Gasteiger partial charge >= 0.3 is 11.9 Å². The molecule has 2 rings (SSSR count). The molecule has 0 aliphatic rings. The van der Waals surface area contributed by atoms with Crippen molar-refractivity contribution in [2.75, 3.05) is 5.32 Å². The number of para-hydroxylation sites is 2. The summed E-state index contributed by atoms with van der Waals surface area (Å²) < 4.78 is 0. The largest absolute Gasteiger partial charge is 0.481 e. The third kappa shape index (κ3) is 7.06. The SMILES string of the molecule is O=C(O)CC(O)C(=O)O.c1ccc(Nc2ccccc2)cc1. The van der Waals surface area contributed by atoms with Crippen molar-refractivity contribution >= 4 is 23.3 Å². The number of benzene rings is 2. The third-order valence-corrected chi connectivity index (χ3v) is 2.49. The minimum atomic E-state index is -1.79. The molecule has 1 atom stereocenters. The van der Waals surface area contributed by atoms with Gasteiger partial charge in [0.1, 0.15) is 0 Å². The maximum Gasteiger partial charge on any atom is 0.333 e. The zero-order chi connectivity index (χ0) is 16.4. The van der Waals surface area contributed by atoms with Crippen molar-refractivity contribution in [3.05, 3.63) is 60.7 Å². The highest BCUT2D eigenvalue weighted by molar-refractivity contribution is 5.79. The number of aliphatic hydroxyl groups is 1. The van der Waals surface area contributed by atoms with Crippen molar-refractivity contribution in [3.63, 3.8) is 0 Å². The number of nitrogens with one attached hydrogen (secondary N) is 1. The molecule has 4 N–H and O–H groups in total. The van der Waals surface area contributed by atoms with E-state index in [-0.39, 0.29) is 0 Å². The number of carboxylic acid groups (broad SMARTS) is 2. The summed E-state index contributed by atoms with van der Waals surface area (Å²) in [5.41, 5.74) is 2.24. The van der Waals surface area contributed by atoms with Crippen LogP contribution in [0.3, 0.4) is 0 Å². The van der Waals surface area contributed by atoms with E-state index in [1.54, 1.807) is 0 Å². The number of aliphatic carboxylic acids is 2. The summed E-state index contributed by atoms with van der Waals surface area (Å²) in [5, 5.41) is 27.4. The van der Waals surface area contributed by atoms with Gasteiger partial charge in [0.25, 0.3) is 0 Å². The van der Waals surface area contributed by atoms with Crippen LogP contribution in [0.5, 0.6) is 0 Å². The second-order valence-corrected chi connectivity index (χ2v) is 4.31. The van der Waals surface area contributed by atoms with Gasteiger partial charge in [0.2, 0.25) is 0 Å². The van der Waals surface area contributed by atoms with E-state index in [0.717, 1.165) is 11.4 Å². The molecular formula is C16H17NO5. The molecule has 0 aliphatic heterocycles. The molecule has 116 valence electrons. The summed E-state index contributed by atoms with van der Waals surface area (Å²) in [7, 11) is 0. The Labute approximate surface area is 127 Å². The van der Waals surface area contributed by atoms with E-state index >= 15 is 0 Å². The Kier molecular flexibility index (Phi) is 7.15. The molecule has 0 aliphatic carbocycles. The van der Waals surface area contributed by atoms with E-state index < -0.39 is 24.5 Å². The molecule has 0 saturated heterocycles. The van der Waals surface area contributed by atoms with E-state index in [1.165, 1.54) is 0 Å². The fourth-order valence-corrected chi connectivity index (χ4v) is 1.46. The molecule has 0 heterocycles. The highest BCUT2D eigenvalue weighted by Gasteiger charge is 2.16. The predicted octanol–water partition coefficient (Wildman–Crippen LogP) is 2.34. The van der Waals surface area contributed by atoms with Gasteiger partial charge in [-0.3, -0.25) is 4.79 Å². The van der Waals surface area contributed by atoms with Crippen molar-refractivity contribution in [1.82, 2.24) is 0 Å². The zero-order valence-electron chi connectivity index (χ0n) is 11.7. The zero-order valence-corrected chi connectivity index (χ0v) is 11.7. The summed E-state index contributed by atoms with van der Waals surface area (Å²) in [5.74, 6) is -2.85. The maximum absolute atomic E-state index is 9.72. The Morgan fingerprint density at radius 3 is 1.55 bits per heavy atom. The van der Waals surface area contributed by atoms with Crippen molar-refractivity contribution in [1.29, 1.82) is 0 Å². The molecular weight excluding hydrogens is 286 g/mol. The second-order valence-electron chi connectivity index (χ2n) is 4.31. The Balaban J connectivity index is 0.000000239. The van der Waals surface area contributed by atoms with Crippen LogP contribution in [-0.4, -0.2) is 33.4 Å². The molecule has 0 radical (unpaired) electrons. The monoisotopic (exact) mass is 303 g/mol. The average molecular weight is 303 g/mol. The van der Waals surface area contributed by atoms with Crippen LogP contribution in [0, 0.1) is 0 Å². The lowest BCUT2D eigenvalue weighted by Gasteiger charge is -2.04. The molecule has 0 fully saturated rings. The van der Waals surface area contributed by atoms with Gasteiger partial charge < -0.3 is 20.6 Å². The number of hydrogen-bond acceptors (Lipinski definition) is 4. The van der Waals surface area contributed by atoms with Crippen LogP contribution in [0.15, 0.2) is 60.7 Å². The van der Waals surface area contributed by atoms with E-state index in [2.05, 4.69) is 5.32 Å². The smallest absolute Gasteiger partial charge is 0.333 e. The van der Waals surface area contributed by atoms with Crippen molar-refractivity contribution in [3.8, 4) is 0 Å². The Bertz CT molecular complexity index is 548. The standard InChI is InChI=1S/C12H11N.C4H6O5/c1-3-7-11(8-4-1)13-12-9-5-2-6-10-12;5-2(4(8)9)1-3(6)7/h1-10,13H;2,5H,1H2,(H,6,7)(H,8,9). The normalized spacial score (nSPS) is 10.8. The summed E-state index contributed by atoms with van der Waals surface area (Å²) in [6, 6.07) is 20.3. The number of rotatable bonds is 5. The fraction of sp³-hybridized carbons (Fsp3) is 0.125. The second kappa shape index (κ2) is 9.15. The molecule has 0 amide bonds. The molecule has 2 aromatic rings. The lowest BCUT2D eigenvalue weighted by atomic mass is 10.3. The lowest BCUT2D eigenvalue weighted by Crippen LogP contribution is -2.22. The van der Waals surface area contributed by atoms with E-state index in [4.69, 9.17) is 15.3 Å². The highest BCUT2D eigenvalue weighted by atomic mass is 16.4. The summed E-state index contributed by atoms with van der Waals surface area (Å²) in [4.78, 5) is 19.4. The highest BCUT2D eigenvalue weighted by Crippen LogP contribution is 2.14. The van der Waals surface area contributed by atoms with Crippen LogP contribution in [0.4, 0.5) is 11.4 Å². The summed E-state index contributed by atoms with van der Waals surface area (Å²) in [6.45, 7) is 0. The molecule has 0 spiro atoms. The third-order valence-electron chi connectivity index (χ3n) is 2.49. The average Bonchev–Trinajstić information content (AvgIpc) is 2.49. The topological polar surface area (TPSA) is 107 Å². The van der Waals surface area contributed by atoms with Crippen LogP contribution in [0.25, 0.3) is 0 Å². The van der Waals surface area contributed by atoms with Gasteiger partial charge in [0.15, 0.2) is 6.10 Å². The van der Waals surface area contributed by atoms with Crippen molar-refractivity contribution in [2.24, 2.45) is 0 Å². The first-order valence-corrected chi connectivity index (χ1v) is 6.49. The number of anilines is 2. The molecule has 2 aromatic carbocycles. The molecule has 6 nitrogen and oxygen atoms in total. The van der Waals surface area contributed by atoms with E-state index in [1.807, 2.05) is 60.7 Å². The molecule has 0 aromatic heterocycles. The van der Waals surface area contributed by atoms with Gasteiger partial charge in [0, 0.05) is 11.4 Å². The van der Waals surface area contributed by atoms with Gasteiger partial charge in [-0.25, -0.2) is 4.79 Å². The van der Waals surface area contributed by atoms with Crippen LogP contribution >= 0.6 is 0 Å². The Hall–Kier alpha value is -2.86. The maximum atomic E-state index is 9.72. The molecule has 0 bridgehead atoms. The Morgan fingerprint density at radius 2 is 1.27 bits per heavy atom. The van der Waals surface area contributed by atoms with Crippen LogP contribution < -0.4 is 5.32 Å². The van der Waals surface area contributed by atoms with Gasteiger partial charge in [-0.1, -0.05) is 36.4 Å². The van der Waals surface area contributed by atoms with E-state index in [9.17, 15) is 9.59 Å². The molecule has 1 unspecified atom stereocenters. The number of carbonyl (C=O) groups is 2. The minimum Gasteiger partial charge on any atom is -0.481 e. The molecule has 6 heteroatoms. The van der Waals surface area contributed by atoms with Gasteiger partial charge in [-0.05, 0) is 24.3 Å². The van der Waals surface area contributed by atoms with Crippen LogP contribution in [0.1, 0.15) is 6.42 Å². The van der Waals surface area contributed by atoms with Crippen LogP contribution in [0.2, 0.25) is 0 Å². The fourth-order valence-electron chi connectivity index (χ4n) is 1.46. The lowest BCUT2D eigenvalue weighted by molar-refractivity contribution is -0.152.